The summed E-state index contributed by atoms with van der Waals surface area (Å²) >= 11 is 0. The van der Waals surface area contributed by atoms with Crippen LogP contribution in [-0.2, 0) is 28.6 Å². The molecule has 0 bridgehead atoms. The third-order valence-electron chi connectivity index (χ3n) is 8.42. The Morgan fingerprint density at radius 1 is 1.11 bits per heavy atom. The lowest BCUT2D eigenvalue weighted by Gasteiger charge is -2.41. The lowest BCUT2D eigenvalue weighted by Crippen LogP contribution is -2.61. The number of esters is 1. The highest BCUT2D eigenvalue weighted by atomic mass is 16.6. The fraction of sp³-hybridized carbons (Fsp3) is 0.893. The van der Waals surface area contributed by atoms with E-state index in [1.54, 1.807) is 14.0 Å². The normalized spacial score (nSPS) is 35.3. The van der Waals surface area contributed by atoms with Crippen molar-refractivity contribution in [3.8, 4) is 0 Å². The van der Waals surface area contributed by atoms with Crippen LogP contribution in [0.25, 0.3) is 0 Å². The van der Waals surface area contributed by atoms with Crippen LogP contribution < -0.4 is 5.73 Å². The van der Waals surface area contributed by atoms with E-state index >= 15 is 0 Å². The molecule has 1 amide bonds. The number of nitrogens with zero attached hydrogens (tertiary/aromatic N) is 1. The van der Waals surface area contributed by atoms with Crippen LogP contribution >= 0.6 is 0 Å². The molecule has 10 heteroatoms. The number of aliphatic hydroxyl groups excluding tert-OH is 1. The highest BCUT2D eigenvalue weighted by molar-refractivity contribution is 6.39. The number of ether oxygens (including phenoxy) is 3. The maximum atomic E-state index is 13.2. The van der Waals surface area contributed by atoms with E-state index < -0.39 is 47.7 Å². The lowest BCUT2D eigenvalue weighted by atomic mass is 9.79. The summed E-state index contributed by atoms with van der Waals surface area (Å²) in [4.78, 5) is 40.7. The van der Waals surface area contributed by atoms with Gasteiger partial charge in [-0.3, -0.25) is 9.59 Å². The highest BCUT2D eigenvalue weighted by Gasteiger charge is 2.52. The van der Waals surface area contributed by atoms with E-state index in [0.29, 0.717) is 38.0 Å². The molecule has 3 fully saturated rings. The van der Waals surface area contributed by atoms with Gasteiger partial charge in [-0.2, -0.15) is 0 Å². The Labute approximate surface area is 227 Å². The number of aliphatic hydroxyl groups is 2. The summed E-state index contributed by atoms with van der Waals surface area (Å²) in [6.45, 7) is 9.74. The number of carbonyl (C=O) groups excluding carboxylic acids is 3. The van der Waals surface area contributed by atoms with Crippen molar-refractivity contribution in [1.29, 1.82) is 0 Å². The summed E-state index contributed by atoms with van der Waals surface area (Å²) in [6, 6.07) is -0.885. The smallest absolute Gasteiger partial charge is 0.329 e. The first kappa shape index (κ1) is 32.6. The topological polar surface area (TPSA) is 149 Å². The molecule has 0 aromatic carbocycles. The first-order valence-corrected chi connectivity index (χ1v) is 14.4. The van der Waals surface area contributed by atoms with Crippen LogP contribution in [0.3, 0.4) is 0 Å². The Bertz CT molecular complexity index is 795. The first-order valence-electron chi connectivity index (χ1n) is 14.4. The molecule has 2 heterocycles. The number of ketones is 1. The Hall–Kier alpha value is -1.59. The molecule has 1 aliphatic carbocycles. The van der Waals surface area contributed by atoms with Gasteiger partial charge in [0.1, 0.15) is 18.4 Å². The second-order valence-corrected chi connectivity index (χ2v) is 11.0. The number of rotatable bonds is 8. The maximum Gasteiger partial charge on any atom is 0.329 e. The van der Waals surface area contributed by atoms with Gasteiger partial charge in [-0.25, -0.2) is 4.79 Å². The predicted octanol–water partition coefficient (Wildman–Crippen LogP) is 2.52. The van der Waals surface area contributed by atoms with Crippen molar-refractivity contribution < 1.29 is 38.8 Å². The summed E-state index contributed by atoms with van der Waals surface area (Å²) in [5, 5.41) is 20.9. The molecule has 3 rings (SSSR count). The fourth-order valence-corrected chi connectivity index (χ4v) is 5.75. The van der Waals surface area contributed by atoms with E-state index in [2.05, 4.69) is 0 Å². The number of piperidine rings is 1. The summed E-state index contributed by atoms with van der Waals surface area (Å²) in [5.74, 6) is -5.01. The van der Waals surface area contributed by atoms with E-state index in [1.807, 2.05) is 27.7 Å². The number of carbonyl (C=O) groups is 3. The quantitative estimate of drug-likeness (QED) is 0.311. The molecule has 2 saturated heterocycles. The number of methoxy groups -OCH3 is 1. The summed E-state index contributed by atoms with van der Waals surface area (Å²) in [7, 11) is 1.61. The Balaban J connectivity index is 0.00000247. The van der Waals surface area contributed by atoms with Crippen molar-refractivity contribution in [1.82, 2.24) is 4.90 Å². The van der Waals surface area contributed by atoms with E-state index in [0.717, 1.165) is 25.7 Å². The van der Waals surface area contributed by atoms with Gasteiger partial charge in [-0.15, -0.1) is 0 Å². The maximum absolute atomic E-state index is 13.2. The van der Waals surface area contributed by atoms with Crippen LogP contribution in [0.2, 0.25) is 0 Å². The molecule has 9 unspecified atom stereocenters. The highest BCUT2D eigenvalue weighted by Crippen LogP contribution is 2.34. The molecule has 4 N–H and O–H groups in total. The van der Waals surface area contributed by atoms with Gasteiger partial charge in [0.05, 0.1) is 12.2 Å². The van der Waals surface area contributed by atoms with Crippen LogP contribution in [0.5, 0.6) is 0 Å². The number of Topliss-reactive ketones (excluding diaryl/α,β-unsaturated/α-hetero) is 1. The molecule has 0 aromatic heterocycles. The molecular formula is C28H50N2O8. The van der Waals surface area contributed by atoms with Crippen molar-refractivity contribution in [2.24, 2.45) is 23.5 Å². The average Bonchev–Trinajstić information content (AvgIpc) is 2.92. The van der Waals surface area contributed by atoms with Gasteiger partial charge >= 0.3 is 5.97 Å². The van der Waals surface area contributed by atoms with E-state index in [9.17, 15) is 24.6 Å². The van der Waals surface area contributed by atoms with Crippen LogP contribution in [0.15, 0.2) is 0 Å². The Kier molecular flexibility index (Phi) is 12.6. The average molecular weight is 543 g/mol. The van der Waals surface area contributed by atoms with Crippen molar-refractivity contribution in [2.75, 3.05) is 13.7 Å². The summed E-state index contributed by atoms with van der Waals surface area (Å²) in [5.41, 5.74) is 5.78. The van der Waals surface area contributed by atoms with Crippen molar-refractivity contribution in [2.45, 2.75) is 129 Å². The zero-order chi connectivity index (χ0) is 28.6. The van der Waals surface area contributed by atoms with Crippen LogP contribution in [0, 0.1) is 17.8 Å². The molecular weight excluding hydrogens is 492 g/mol. The van der Waals surface area contributed by atoms with Crippen LogP contribution in [0.4, 0.5) is 0 Å². The number of likely N-dealkylation sites (tertiary alicyclic amines) is 1. The van der Waals surface area contributed by atoms with E-state index in [-0.39, 0.29) is 24.7 Å². The third-order valence-corrected chi connectivity index (χ3v) is 8.42. The van der Waals surface area contributed by atoms with E-state index in [4.69, 9.17) is 19.9 Å². The zero-order valence-corrected chi connectivity index (χ0v) is 24.1. The monoisotopic (exact) mass is 542 g/mol. The molecule has 9 atom stereocenters. The molecule has 10 nitrogen and oxygen atoms in total. The third kappa shape index (κ3) is 7.75. The second kappa shape index (κ2) is 14.7. The van der Waals surface area contributed by atoms with Crippen molar-refractivity contribution in [3.63, 3.8) is 0 Å². The molecule has 3 aliphatic rings. The molecule has 220 valence electrons. The first-order chi connectivity index (χ1) is 18.0. The Morgan fingerprint density at radius 3 is 2.45 bits per heavy atom. The largest absolute Gasteiger partial charge is 0.461 e. The minimum absolute atomic E-state index is 0.0692. The van der Waals surface area contributed by atoms with Crippen LogP contribution in [-0.4, -0.2) is 82.8 Å². The van der Waals surface area contributed by atoms with Gasteiger partial charge in [-0.05, 0) is 76.5 Å². The molecule has 2 aliphatic heterocycles. The fourth-order valence-electron chi connectivity index (χ4n) is 5.75. The molecule has 1 saturated carbocycles. The SMILES string of the molecule is CC.COC1CC(CC(C)C(C)OC(=O)C2CCCCN2C(=O)C(=O)C2(O)OC(N)CCC2C)CCC1O. The van der Waals surface area contributed by atoms with Crippen LogP contribution in [0.1, 0.15) is 92.4 Å². The minimum Gasteiger partial charge on any atom is -0.461 e. The minimum atomic E-state index is -2.30. The van der Waals surface area contributed by atoms with E-state index in [1.165, 1.54) is 4.90 Å². The van der Waals surface area contributed by atoms with Gasteiger partial charge < -0.3 is 35.1 Å². The Morgan fingerprint density at radius 2 is 1.79 bits per heavy atom. The molecule has 38 heavy (non-hydrogen) atoms. The number of hydrogen-bond acceptors (Lipinski definition) is 9. The number of nitrogens with two attached hydrogens (primary N) is 1. The predicted molar refractivity (Wildman–Crippen MR) is 142 cm³/mol. The molecule has 0 radical (unpaired) electrons. The molecule has 0 spiro atoms. The summed E-state index contributed by atoms with van der Waals surface area (Å²) in [6.07, 6.45) is 4.05. The lowest BCUT2D eigenvalue weighted by molar-refractivity contribution is -0.261. The van der Waals surface area contributed by atoms with Gasteiger partial charge in [0, 0.05) is 19.6 Å². The summed E-state index contributed by atoms with van der Waals surface area (Å²) < 4.78 is 16.5. The second-order valence-electron chi connectivity index (χ2n) is 11.0. The van der Waals surface area contributed by atoms with Crippen molar-refractivity contribution in [3.05, 3.63) is 0 Å². The zero-order valence-electron chi connectivity index (χ0n) is 24.1. The molecule has 0 aromatic rings. The number of amides is 1. The van der Waals surface area contributed by atoms with Gasteiger partial charge in [0.25, 0.3) is 11.7 Å². The standard InChI is InChI=1S/C26H44N2O8.C2H6/c1-15(13-18-9-10-20(29)21(14-18)34-4)17(3)35-25(32)19-7-5-6-12-28(19)24(31)23(30)26(33)16(2)8-11-22(27)36-26;1-2/h15-22,29,33H,5-14,27H2,1-4H3;1-2H3. The van der Waals surface area contributed by atoms with Gasteiger partial charge in [0.2, 0.25) is 5.79 Å². The number of hydrogen-bond donors (Lipinski definition) is 3. The van der Waals surface area contributed by atoms with Crippen molar-refractivity contribution >= 4 is 17.7 Å². The van der Waals surface area contributed by atoms with Gasteiger partial charge in [0.15, 0.2) is 0 Å². The van der Waals surface area contributed by atoms with Gasteiger partial charge in [-0.1, -0.05) is 27.7 Å².